The number of nitrogens with one attached hydrogen (secondary N) is 1. The van der Waals surface area contributed by atoms with Crippen molar-refractivity contribution in [1.29, 1.82) is 0 Å². The van der Waals surface area contributed by atoms with Crippen molar-refractivity contribution in [2.45, 2.75) is 52.1 Å². The van der Waals surface area contributed by atoms with E-state index in [1.807, 2.05) is 6.07 Å². The average molecular weight is 326 g/mol. The molecule has 3 heteroatoms. The van der Waals surface area contributed by atoms with Crippen LogP contribution in [0.4, 0.5) is 0 Å². The van der Waals surface area contributed by atoms with Crippen LogP contribution in [-0.2, 0) is 6.54 Å². The molecule has 0 amide bonds. The summed E-state index contributed by atoms with van der Waals surface area (Å²) >= 11 is 3.55. The normalized spacial score (nSPS) is 22.7. The monoisotopic (exact) mass is 325 g/mol. The molecule has 106 valence electrons. The molecule has 2 nitrogen and oxygen atoms in total. The fraction of sp³-hybridized carbons (Fsp3) is 0.625. The van der Waals surface area contributed by atoms with Crippen LogP contribution >= 0.6 is 15.9 Å². The number of rotatable bonds is 6. The molecule has 0 bridgehead atoms. The number of halogens is 1. The van der Waals surface area contributed by atoms with Crippen LogP contribution in [0.15, 0.2) is 22.7 Å². The Kier molecular flexibility index (Phi) is 5.71. The summed E-state index contributed by atoms with van der Waals surface area (Å²) < 4.78 is 6.94. The first-order valence-electron chi connectivity index (χ1n) is 7.35. The van der Waals surface area contributed by atoms with Gasteiger partial charge in [-0.15, -0.1) is 0 Å². The zero-order chi connectivity index (χ0) is 13.7. The molecule has 1 saturated carbocycles. The van der Waals surface area contributed by atoms with Crippen molar-refractivity contribution in [3.8, 4) is 5.75 Å². The second kappa shape index (κ2) is 7.30. The molecule has 1 aliphatic carbocycles. The van der Waals surface area contributed by atoms with Gasteiger partial charge in [0.2, 0.25) is 0 Å². The third-order valence-electron chi connectivity index (χ3n) is 3.90. The Morgan fingerprint density at radius 1 is 1.37 bits per heavy atom. The van der Waals surface area contributed by atoms with Gasteiger partial charge < -0.3 is 10.1 Å². The third-order valence-corrected chi connectivity index (χ3v) is 4.39. The maximum Gasteiger partial charge on any atom is 0.123 e. The Morgan fingerprint density at radius 3 is 2.89 bits per heavy atom. The summed E-state index contributed by atoms with van der Waals surface area (Å²) in [6, 6.07) is 6.94. The van der Waals surface area contributed by atoms with Crippen LogP contribution in [0.1, 0.15) is 45.1 Å². The van der Waals surface area contributed by atoms with Crippen molar-refractivity contribution in [2.24, 2.45) is 5.92 Å². The molecule has 1 fully saturated rings. The van der Waals surface area contributed by atoms with Gasteiger partial charge in [0.25, 0.3) is 0 Å². The molecule has 0 radical (unpaired) electrons. The van der Waals surface area contributed by atoms with Crippen LogP contribution in [0.25, 0.3) is 0 Å². The molecule has 0 saturated heterocycles. The Hall–Kier alpha value is -0.540. The van der Waals surface area contributed by atoms with Gasteiger partial charge in [-0.05, 0) is 43.4 Å². The van der Waals surface area contributed by atoms with Gasteiger partial charge in [-0.1, -0.05) is 36.2 Å². The zero-order valence-corrected chi connectivity index (χ0v) is 13.5. The molecule has 0 spiro atoms. The van der Waals surface area contributed by atoms with Gasteiger partial charge in [0.05, 0.1) is 6.61 Å². The highest BCUT2D eigenvalue weighted by Gasteiger charge is 2.22. The van der Waals surface area contributed by atoms with E-state index in [0.717, 1.165) is 35.7 Å². The summed E-state index contributed by atoms with van der Waals surface area (Å²) in [6.07, 6.45) is 5.06. The van der Waals surface area contributed by atoms with Crippen LogP contribution in [-0.4, -0.2) is 12.6 Å². The third kappa shape index (κ3) is 4.22. The van der Waals surface area contributed by atoms with E-state index in [2.05, 4.69) is 47.2 Å². The minimum absolute atomic E-state index is 0.665. The lowest BCUT2D eigenvalue weighted by Gasteiger charge is -2.19. The Morgan fingerprint density at radius 2 is 2.21 bits per heavy atom. The first-order valence-corrected chi connectivity index (χ1v) is 8.14. The molecular weight excluding hydrogens is 302 g/mol. The number of hydrogen-bond acceptors (Lipinski definition) is 2. The van der Waals surface area contributed by atoms with E-state index in [4.69, 9.17) is 4.74 Å². The summed E-state index contributed by atoms with van der Waals surface area (Å²) in [6.45, 7) is 6.17. The van der Waals surface area contributed by atoms with Crippen LogP contribution in [0.3, 0.4) is 0 Å². The van der Waals surface area contributed by atoms with E-state index in [1.54, 1.807) is 0 Å². The van der Waals surface area contributed by atoms with E-state index in [-0.39, 0.29) is 0 Å². The standard InChI is InChI=1S/C16H24BrNO/c1-3-9-19-16-8-7-14(17)10-13(16)11-18-15-6-4-5-12(15)2/h7-8,10,12,15,18H,3-6,9,11H2,1-2H3. The van der Waals surface area contributed by atoms with E-state index in [1.165, 1.54) is 24.8 Å². The molecule has 1 aromatic carbocycles. The van der Waals surface area contributed by atoms with Gasteiger partial charge in [0.1, 0.15) is 5.75 Å². The fourth-order valence-electron chi connectivity index (χ4n) is 2.73. The molecule has 2 unspecified atom stereocenters. The van der Waals surface area contributed by atoms with E-state index in [9.17, 15) is 0 Å². The van der Waals surface area contributed by atoms with Crippen LogP contribution in [0, 0.1) is 5.92 Å². The zero-order valence-electron chi connectivity index (χ0n) is 11.9. The van der Waals surface area contributed by atoms with Gasteiger partial charge in [0.15, 0.2) is 0 Å². The van der Waals surface area contributed by atoms with Crippen molar-refractivity contribution in [1.82, 2.24) is 5.32 Å². The molecule has 2 atom stereocenters. The lowest BCUT2D eigenvalue weighted by Crippen LogP contribution is -2.30. The van der Waals surface area contributed by atoms with E-state index < -0.39 is 0 Å². The van der Waals surface area contributed by atoms with Gasteiger partial charge in [0, 0.05) is 22.6 Å². The number of benzene rings is 1. The second-order valence-electron chi connectivity index (χ2n) is 5.50. The van der Waals surface area contributed by atoms with Crippen molar-refractivity contribution in [2.75, 3.05) is 6.61 Å². The predicted molar refractivity (Wildman–Crippen MR) is 83.6 cm³/mol. The molecule has 1 N–H and O–H groups in total. The molecular formula is C16H24BrNO. The van der Waals surface area contributed by atoms with Crippen molar-refractivity contribution in [3.63, 3.8) is 0 Å². The van der Waals surface area contributed by atoms with E-state index >= 15 is 0 Å². The predicted octanol–water partition coefficient (Wildman–Crippen LogP) is 4.52. The van der Waals surface area contributed by atoms with Gasteiger partial charge >= 0.3 is 0 Å². The highest BCUT2D eigenvalue weighted by Crippen LogP contribution is 2.27. The van der Waals surface area contributed by atoms with Crippen LogP contribution < -0.4 is 10.1 Å². The Labute approximate surface area is 125 Å². The summed E-state index contributed by atoms with van der Waals surface area (Å²) in [4.78, 5) is 0. The highest BCUT2D eigenvalue weighted by molar-refractivity contribution is 9.10. The first kappa shape index (κ1) is 14.9. The summed E-state index contributed by atoms with van der Waals surface area (Å²) in [7, 11) is 0. The number of hydrogen-bond donors (Lipinski definition) is 1. The maximum absolute atomic E-state index is 5.82. The van der Waals surface area contributed by atoms with Crippen molar-refractivity contribution >= 4 is 15.9 Å². The molecule has 0 heterocycles. The summed E-state index contributed by atoms with van der Waals surface area (Å²) in [5, 5.41) is 3.69. The van der Waals surface area contributed by atoms with Crippen molar-refractivity contribution < 1.29 is 4.74 Å². The second-order valence-corrected chi connectivity index (χ2v) is 6.41. The van der Waals surface area contributed by atoms with E-state index in [0.29, 0.717) is 6.04 Å². The van der Waals surface area contributed by atoms with Gasteiger partial charge in [-0.25, -0.2) is 0 Å². The lowest BCUT2D eigenvalue weighted by molar-refractivity contribution is 0.311. The molecule has 19 heavy (non-hydrogen) atoms. The molecule has 0 aliphatic heterocycles. The summed E-state index contributed by atoms with van der Waals surface area (Å²) in [5.41, 5.74) is 1.25. The Bertz CT molecular complexity index is 408. The van der Waals surface area contributed by atoms with Crippen molar-refractivity contribution in [3.05, 3.63) is 28.2 Å². The quantitative estimate of drug-likeness (QED) is 0.830. The topological polar surface area (TPSA) is 21.3 Å². The minimum atomic E-state index is 0.665. The van der Waals surface area contributed by atoms with Gasteiger partial charge in [-0.2, -0.15) is 0 Å². The average Bonchev–Trinajstić information content (AvgIpc) is 2.81. The molecule has 1 aliphatic rings. The van der Waals surface area contributed by atoms with Crippen LogP contribution in [0.5, 0.6) is 5.75 Å². The first-order chi connectivity index (χ1) is 9.20. The summed E-state index contributed by atoms with van der Waals surface area (Å²) in [5.74, 6) is 1.82. The maximum atomic E-state index is 5.82. The molecule has 0 aromatic heterocycles. The smallest absolute Gasteiger partial charge is 0.123 e. The molecule has 2 rings (SSSR count). The molecule has 1 aromatic rings. The number of ether oxygens (including phenoxy) is 1. The minimum Gasteiger partial charge on any atom is -0.493 e. The largest absolute Gasteiger partial charge is 0.493 e. The van der Waals surface area contributed by atoms with Crippen LogP contribution in [0.2, 0.25) is 0 Å². The highest BCUT2D eigenvalue weighted by atomic mass is 79.9. The Balaban J connectivity index is 1.98. The van der Waals surface area contributed by atoms with Gasteiger partial charge in [-0.3, -0.25) is 0 Å². The fourth-order valence-corrected chi connectivity index (χ4v) is 3.14. The lowest BCUT2D eigenvalue weighted by atomic mass is 10.1. The SMILES string of the molecule is CCCOc1ccc(Br)cc1CNC1CCCC1C.